The van der Waals surface area contributed by atoms with E-state index in [0.29, 0.717) is 5.95 Å². The van der Waals surface area contributed by atoms with Crippen molar-refractivity contribution in [2.24, 2.45) is 5.84 Å². The van der Waals surface area contributed by atoms with Crippen LogP contribution in [0.25, 0.3) is 10.2 Å². The number of hydrazine groups is 1. The van der Waals surface area contributed by atoms with Gasteiger partial charge in [0.25, 0.3) is 0 Å². The number of anilines is 2. The third kappa shape index (κ3) is 1.73. The molecule has 3 heterocycles. The zero-order valence-electron chi connectivity index (χ0n) is 10.7. The number of fused-ring (bicyclic) bond motifs is 2. The molecule has 1 aliphatic heterocycles. The SMILES string of the molecule is NNc1nc(N2Cc3ccccc3C2)c2ccsc2n1. The minimum atomic E-state index is 0.464. The normalized spacial score (nSPS) is 13.8. The van der Waals surface area contributed by atoms with Gasteiger partial charge in [0.2, 0.25) is 5.95 Å². The number of nitrogens with two attached hydrogens (primary N) is 1. The van der Waals surface area contributed by atoms with Gasteiger partial charge in [-0.05, 0) is 22.6 Å². The van der Waals surface area contributed by atoms with Gasteiger partial charge < -0.3 is 4.90 Å². The number of rotatable bonds is 2. The lowest BCUT2D eigenvalue weighted by Gasteiger charge is -2.18. The van der Waals surface area contributed by atoms with E-state index in [1.807, 2.05) is 5.38 Å². The molecule has 0 spiro atoms. The van der Waals surface area contributed by atoms with Crippen LogP contribution in [-0.2, 0) is 13.1 Å². The Morgan fingerprint density at radius 3 is 2.55 bits per heavy atom. The summed E-state index contributed by atoms with van der Waals surface area (Å²) in [7, 11) is 0. The Hall–Kier alpha value is -2.18. The number of hydrogen-bond donors (Lipinski definition) is 2. The molecule has 0 saturated heterocycles. The molecule has 0 unspecified atom stereocenters. The fraction of sp³-hybridized carbons (Fsp3) is 0.143. The van der Waals surface area contributed by atoms with Gasteiger partial charge in [0.05, 0.1) is 5.39 Å². The van der Waals surface area contributed by atoms with Crippen LogP contribution in [0.3, 0.4) is 0 Å². The lowest BCUT2D eigenvalue weighted by atomic mass is 10.1. The maximum atomic E-state index is 5.47. The third-order valence-electron chi connectivity index (χ3n) is 3.57. The maximum Gasteiger partial charge on any atom is 0.240 e. The number of benzene rings is 1. The van der Waals surface area contributed by atoms with E-state index in [2.05, 4.69) is 50.6 Å². The largest absolute Gasteiger partial charge is 0.347 e. The lowest BCUT2D eigenvalue weighted by molar-refractivity contribution is 0.860. The van der Waals surface area contributed by atoms with Gasteiger partial charge in [0, 0.05) is 13.1 Å². The lowest BCUT2D eigenvalue weighted by Crippen LogP contribution is -2.18. The molecule has 0 bridgehead atoms. The van der Waals surface area contributed by atoms with Crippen molar-refractivity contribution < 1.29 is 0 Å². The Bertz CT molecular complexity index is 757. The van der Waals surface area contributed by atoms with Crippen molar-refractivity contribution in [1.82, 2.24) is 9.97 Å². The summed E-state index contributed by atoms with van der Waals surface area (Å²) in [5.41, 5.74) is 5.27. The van der Waals surface area contributed by atoms with Gasteiger partial charge in [-0.25, -0.2) is 10.8 Å². The minimum Gasteiger partial charge on any atom is -0.347 e. The van der Waals surface area contributed by atoms with Crippen LogP contribution in [0, 0.1) is 0 Å². The standard InChI is InChI=1S/C14H13N5S/c15-18-14-16-12(11-5-6-20-13(11)17-14)19-7-9-3-1-2-4-10(9)8-19/h1-6H,7-8,15H2,(H,16,17,18). The predicted molar refractivity (Wildman–Crippen MR) is 81.6 cm³/mol. The highest BCUT2D eigenvalue weighted by molar-refractivity contribution is 7.16. The monoisotopic (exact) mass is 283 g/mol. The summed E-state index contributed by atoms with van der Waals surface area (Å²) in [5, 5.41) is 3.12. The van der Waals surface area contributed by atoms with Crippen LogP contribution in [0.1, 0.15) is 11.1 Å². The first-order valence-corrected chi connectivity index (χ1v) is 7.27. The van der Waals surface area contributed by atoms with Crippen LogP contribution >= 0.6 is 11.3 Å². The average Bonchev–Trinajstić information content (AvgIpc) is 3.12. The first kappa shape index (κ1) is 11.6. The Morgan fingerprint density at radius 1 is 1.10 bits per heavy atom. The van der Waals surface area contributed by atoms with Gasteiger partial charge in [-0.3, -0.25) is 5.43 Å². The number of hydrogen-bond acceptors (Lipinski definition) is 6. The van der Waals surface area contributed by atoms with E-state index in [1.165, 1.54) is 11.1 Å². The van der Waals surface area contributed by atoms with E-state index in [0.717, 1.165) is 29.1 Å². The van der Waals surface area contributed by atoms with Crippen LogP contribution in [-0.4, -0.2) is 9.97 Å². The Kier molecular flexibility index (Phi) is 2.58. The topological polar surface area (TPSA) is 67.1 Å². The van der Waals surface area contributed by atoms with Crippen molar-refractivity contribution in [3.63, 3.8) is 0 Å². The summed E-state index contributed by atoms with van der Waals surface area (Å²) in [6, 6.07) is 10.6. The quantitative estimate of drug-likeness (QED) is 0.559. The molecule has 5 nitrogen and oxygen atoms in total. The van der Waals surface area contributed by atoms with E-state index in [1.54, 1.807) is 11.3 Å². The summed E-state index contributed by atoms with van der Waals surface area (Å²) >= 11 is 1.60. The molecule has 0 aliphatic carbocycles. The van der Waals surface area contributed by atoms with E-state index < -0.39 is 0 Å². The van der Waals surface area contributed by atoms with Gasteiger partial charge in [-0.1, -0.05) is 24.3 Å². The van der Waals surface area contributed by atoms with E-state index in [9.17, 15) is 0 Å². The second kappa shape index (κ2) is 4.43. The Balaban J connectivity index is 1.82. The molecule has 0 atom stereocenters. The summed E-state index contributed by atoms with van der Waals surface area (Å²) in [6.07, 6.45) is 0. The molecular formula is C14H13N5S. The van der Waals surface area contributed by atoms with E-state index in [4.69, 9.17) is 5.84 Å². The van der Waals surface area contributed by atoms with Crippen LogP contribution in [0.2, 0.25) is 0 Å². The number of nitrogens with zero attached hydrogens (tertiary/aromatic N) is 3. The molecule has 0 amide bonds. The molecule has 0 saturated carbocycles. The van der Waals surface area contributed by atoms with Crippen molar-refractivity contribution in [2.75, 3.05) is 10.3 Å². The summed E-state index contributed by atoms with van der Waals surface area (Å²) in [5.74, 6) is 6.88. The molecular weight excluding hydrogens is 270 g/mol. The number of nitrogens with one attached hydrogen (secondary N) is 1. The molecule has 2 aromatic heterocycles. The first-order valence-electron chi connectivity index (χ1n) is 6.39. The molecule has 1 aromatic carbocycles. The Morgan fingerprint density at radius 2 is 1.85 bits per heavy atom. The van der Waals surface area contributed by atoms with Crippen LogP contribution < -0.4 is 16.2 Å². The van der Waals surface area contributed by atoms with Gasteiger partial charge in [0.15, 0.2) is 0 Å². The van der Waals surface area contributed by atoms with Gasteiger partial charge in [0.1, 0.15) is 10.6 Å². The summed E-state index contributed by atoms with van der Waals surface area (Å²) in [4.78, 5) is 12.1. The fourth-order valence-corrected chi connectivity index (χ4v) is 3.39. The summed E-state index contributed by atoms with van der Waals surface area (Å²) in [6.45, 7) is 1.75. The number of thiophene rings is 1. The Labute approximate surface area is 120 Å². The fourth-order valence-electron chi connectivity index (χ4n) is 2.63. The highest BCUT2D eigenvalue weighted by Gasteiger charge is 2.22. The van der Waals surface area contributed by atoms with E-state index >= 15 is 0 Å². The van der Waals surface area contributed by atoms with Crippen LogP contribution in [0.15, 0.2) is 35.7 Å². The van der Waals surface area contributed by atoms with Crippen molar-refractivity contribution in [2.45, 2.75) is 13.1 Å². The molecule has 0 radical (unpaired) electrons. The van der Waals surface area contributed by atoms with E-state index in [-0.39, 0.29) is 0 Å². The first-order chi connectivity index (χ1) is 9.85. The van der Waals surface area contributed by atoms with Crippen LogP contribution in [0.4, 0.5) is 11.8 Å². The second-order valence-corrected chi connectivity index (χ2v) is 5.67. The number of aromatic nitrogens is 2. The molecule has 6 heteroatoms. The van der Waals surface area contributed by atoms with Crippen molar-refractivity contribution >= 4 is 33.3 Å². The maximum absolute atomic E-state index is 5.47. The van der Waals surface area contributed by atoms with Gasteiger partial charge in [-0.15, -0.1) is 11.3 Å². The third-order valence-corrected chi connectivity index (χ3v) is 4.38. The number of nitrogen functional groups attached to an aromatic ring is 1. The second-order valence-electron chi connectivity index (χ2n) is 4.78. The zero-order chi connectivity index (χ0) is 13.5. The molecule has 100 valence electrons. The highest BCUT2D eigenvalue weighted by atomic mass is 32.1. The predicted octanol–water partition coefficient (Wildman–Crippen LogP) is 2.50. The van der Waals surface area contributed by atoms with Crippen molar-refractivity contribution in [1.29, 1.82) is 0 Å². The molecule has 1 aliphatic rings. The van der Waals surface area contributed by atoms with Crippen molar-refractivity contribution in [3.8, 4) is 0 Å². The van der Waals surface area contributed by atoms with Gasteiger partial charge >= 0.3 is 0 Å². The minimum absolute atomic E-state index is 0.464. The van der Waals surface area contributed by atoms with Crippen molar-refractivity contribution in [3.05, 3.63) is 46.8 Å². The summed E-state index contributed by atoms with van der Waals surface area (Å²) < 4.78 is 0. The highest BCUT2D eigenvalue weighted by Crippen LogP contribution is 2.34. The van der Waals surface area contributed by atoms with Gasteiger partial charge in [-0.2, -0.15) is 4.98 Å². The molecule has 0 fully saturated rings. The molecule has 20 heavy (non-hydrogen) atoms. The smallest absolute Gasteiger partial charge is 0.240 e. The van der Waals surface area contributed by atoms with Crippen LogP contribution in [0.5, 0.6) is 0 Å². The average molecular weight is 283 g/mol. The molecule has 3 aromatic rings. The molecule has 3 N–H and O–H groups in total. The molecule has 4 rings (SSSR count). The zero-order valence-corrected chi connectivity index (χ0v) is 11.5.